The number of benzene rings is 1. The van der Waals surface area contributed by atoms with Crippen LogP contribution in [0.3, 0.4) is 0 Å². The van der Waals surface area contributed by atoms with Crippen molar-refractivity contribution in [2.45, 2.75) is 45.6 Å². The molecule has 0 saturated carbocycles. The Morgan fingerprint density at radius 1 is 1.32 bits per heavy atom. The van der Waals surface area contributed by atoms with Gasteiger partial charge in [-0.05, 0) is 25.3 Å². The zero-order valence-corrected chi connectivity index (χ0v) is 12.4. The fourth-order valence-electron chi connectivity index (χ4n) is 2.10. The first kappa shape index (κ1) is 15.7. The summed E-state index contributed by atoms with van der Waals surface area (Å²) in [5.41, 5.74) is 6.40. The van der Waals surface area contributed by atoms with Gasteiger partial charge in [0, 0.05) is 12.1 Å². The highest BCUT2D eigenvalue weighted by atomic mass is 16.2. The van der Waals surface area contributed by atoms with Crippen LogP contribution in [0.5, 0.6) is 0 Å². The van der Waals surface area contributed by atoms with Crippen LogP contribution in [0.2, 0.25) is 0 Å². The lowest BCUT2D eigenvalue weighted by Gasteiger charge is -2.30. The van der Waals surface area contributed by atoms with E-state index in [1.807, 2.05) is 44.2 Å². The summed E-state index contributed by atoms with van der Waals surface area (Å²) in [5.74, 6) is 0.254. The molecule has 1 aromatic carbocycles. The maximum atomic E-state index is 12.6. The minimum atomic E-state index is -0.364. The van der Waals surface area contributed by atoms with E-state index in [4.69, 9.17) is 5.73 Å². The molecule has 0 aliphatic carbocycles. The van der Waals surface area contributed by atoms with Crippen LogP contribution < -0.4 is 11.1 Å². The molecule has 3 N–H and O–H groups in total. The summed E-state index contributed by atoms with van der Waals surface area (Å²) >= 11 is 0. The zero-order valence-electron chi connectivity index (χ0n) is 12.4. The minimum absolute atomic E-state index is 0.0657. The van der Waals surface area contributed by atoms with Crippen LogP contribution in [-0.4, -0.2) is 18.0 Å². The van der Waals surface area contributed by atoms with Crippen molar-refractivity contribution in [2.75, 3.05) is 6.54 Å². The highest BCUT2D eigenvalue weighted by Gasteiger charge is 2.29. The fourth-order valence-corrected chi connectivity index (χ4v) is 2.10. The summed E-state index contributed by atoms with van der Waals surface area (Å²) in [6.07, 6.45) is 0.968. The largest absolute Gasteiger partial charge is 0.349 e. The van der Waals surface area contributed by atoms with Crippen LogP contribution in [-0.2, 0) is 4.79 Å². The molecule has 0 heterocycles. The smallest absolute Gasteiger partial charge is 0.228 e. The topological polar surface area (TPSA) is 55.1 Å². The molecule has 0 radical (unpaired) electrons. The van der Waals surface area contributed by atoms with Crippen LogP contribution in [0.25, 0.3) is 0 Å². The van der Waals surface area contributed by atoms with Crippen LogP contribution in [0.1, 0.15) is 45.6 Å². The normalized spacial score (nSPS) is 14.8. The summed E-state index contributed by atoms with van der Waals surface area (Å²) in [6.45, 7) is 8.56. The Bertz CT molecular complexity index is 400. The molecule has 106 valence electrons. The van der Waals surface area contributed by atoms with Crippen molar-refractivity contribution in [1.82, 2.24) is 5.32 Å². The molecular weight excluding hydrogens is 236 g/mol. The monoisotopic (exact) mass is 262 g/mol. The number of hydrogen-bond acceptors (Lipinski definition) is 2. The quantitative estimate of drug-likeness (QED) is 0.828. The standard InChI is InChI=1S/C16H26N2O/c1-5-12(2)14(13-9-7-6-8-10-13)15(19)18-16(3,4)11-17/h6-10,12,14H,5,11,17H2,1-4H3,(H,18,19). The number of nitrogens with two attached hydrogens (primary N) is 1. The number of carbonyl (C=O) groups is 1. The lowest BCUT2D eigenvalue weighted by Crippen LogP contribution is -2.51. The Morgan fingerprint density at radius 3 is 2.37 bits per heavy atom. The van der Waals surface area contributed by atoms with Gasteiger partial charge >= 0.3 is 0 Å². The van der Waals surface area contributed by atoms with Crippen LogP contribution in [0, 0.1) is 5.92 Å². The van der Waals surface area contributed by atoms with Gasteiger partial charge in [-0.15, -0.1) is 0 Å². The first-order chi connectivity index (χ1) is 8.91. The molecule has 0 saturated heterocycles. The molecule has 2 atom stereocenters. The Kier molecular flexibility index (Phi) is 5.55. The van der Waals surface area contributed by atoms with E-state index in [1.165, 1.54) is 0 Å². The molecule has 2 unspecified atom stereocenters. The molecule has 19 heavy (non-hydrogen) atoms. The highest BCUT2D eigenvalue weighted by Crippen LogP contribution is 2.27. The minimum Gasteiger partial charge on any atom is -0.349 e. The number of carbonyl (C=O) groups excluding carboxylic acids is 1. The second-order valence-corrected chi connectivity index (χ2v) is 5.85. The number of rotatable bonds is 6. The first-order valence-electron chi connectivity index (χ1n) is 6.98. The van der Waals surface area contributed by atoms with E-state index in [0.29, 0.717) is 12.5 Å². The Hall–Kier alpha value is -1.35. The lowest BCUT2D eigenvalue weighted by atomic mass is 9.84. The molecule has 1 aromatic rings. The Morgan fingerprint density at radius 2 is 1.89 bits per heavy atom. The zero-order chi connectivity index (χ0) is 14.5. The SMILES string of the molecule is CCC(C)C(C(=O)NC(C)(C)CN)c1ccccc1. The number of hydrogen-bond donors (Lipinski definition) is 2. The predicted molar refractivity (Wildman–Crippen MR) is 79.9 cm³/mol. The van der Waals surface area contributed by atoms with E-state index < -0.39 is 0 Å². The van der Waals surface area contributed by atoms with Crippen LogP contribution in [0.15, 0.2) is 30.3 Å². The van der Waals surface area contributed by atoms with Crippen LogP contribution >= 0.6 is 0 Å². The third-order valence-electron chi connectivity index (χ3n) is 3.63. The van der Waals surface area contributed by atoms with Crippen molar-refractivity contribution in [3.63, 3.8) is 0 Å². The Balaban J connectivity index is 2.96. The van der Waals surface area contributed by atoms with Gasteiger partial charge < -0.3 is 11.1 Å². The maximum Gasteiger partial charge on any atom is 0.228 e. The average Bonchev–Trinajstić information content (AvgIpc) is 2.39. The van der Waals surface area contributed by atoms with Gasteiger partial charge in [-0.25, -0.2) is 0 Å². The molecule has 0 aliphatic heterocycles. The summed E-state index contributed by atoms with van der Waals surface area (Å²) in [5, 5.41) is 3.06. The van der Waals surface area contributed by atoms with Gasteiger partial charge in [-0.2, -0.15) is 0 Å². The van der Waals surface area contributed by atoms with Crippen molar-refractivity contribution in [3.05, 3.63) is 35.9 Å². The summed E-state index contributed by atoms with van der Waals surface area (Å²) in [4.78, 5) is 12.6. The van der Waals surface area contributed by atoms with Crippen molar-refractivity contribution in [2.24, 2.45) is 11.7 Å². The van der Waals surface area contributed by atoms with E-state index in [-0.39, 0.29) is 17.4 Å². The molecule has 1 rings (SSSR count). The number of nitrogens with one attached hydrogen (secondary N) is 1. The third kappa shape index (κ3) is 4.35. The summed E-state index contributed by atoms with van der Waals surface area (Å²) in [7, 11) is 0. The molecular formula is C16H26N2O. The molecule has 3 nitrogen and oxygen atoms in total. The molecule has 3 heteroatoms. The molecule has 0 fully saturated rings. The summed E-state index contributed by atoms with van der Waals surface area (Å²) < 4.78 is 0. The van der Waals surface area contributed by atoms with Gasteiger partial charge in [-0.1, -0.05) is 50.6 Å². The van der Waals surface area contributed by atoms with E-state index >= 15 is 0 Å². The lowest BCUT2D eigenvalue weighted by molar-refractivity contribution is -0.125. The average molecular weight is 262 g/mol. The highest BCUT2D eigenvalue weighted by molar-refractivity contribution is 5.84. The second-order valence-electron chi connectivity index (χ2n) is 5.85. The molecule has 0 aliphatic rings. The summed E-state index contributed by atoms with van der Waals surface area (Å²) in [6, 6.07) is 9.97. The maximum absolute atomic E-state index is 12.6. The van der Waals surface area contributed by atoms with E-state index in [2.05, 4.69) is 19.2 Å². The van der Waals surface area contributed by atoms with Gasteiger partial charge in [0.2, 0.25) is 5.91 Å². The van der Waals surface area contributed by atoms with Crippen LogP contribution in [0.4, 0.5) is 0 Å². The molecule has 1 amide bonds. The van der Waals surface area contributed by atoms with Crippen molar-refractivity contribution >= 4 is 5.91 Å². The Labute approximate surface area is 116 Å². The van der Waals surface area contributed by atoms with Gasteiger partial charge in [-0.3, -0.25) is 4.79 Å². The first-order valence-corrected chi connectivity index (χ1v) is 6.98. The van der Waals surface area contributed by atoms with E-state index in [1.54, 1.807) is 0 Å². The fraction of sp³-hybridized carbons (Fsp3) is 0.562. The number of amides is 1. The second kappa shape index (κ2) is 6.71. The predicted octanol–water partition coefficient (Wildman–Crippen LogP) is 2.67. The molecule has 0 spiro atoms. The van der Waals surface area contributed by atoms with Gasteiger partial charge in [0.1, 0.15) is 0 Å². The van der Waals surface area contributed by atoms with E-state index in [9.17, 15) is 4.79 Å². The van der Waals surface area contributed by atoms with E-state index in [0.717, 1.165) is 12.0 Å². The molecule has 0 bridgehead atoms. The van der Waals surface area contributed by atoms with Gasteiger partial charge in [0.05, 0.1) is 5.92 Å². The third-order valence-corrected chi connectivity index (χ3v) is 3.63. The molecule has 0 aromatic heterocycles. The van der Waals surface area contributed by atoms with Crippen molar-refractivity contribution in [1.29, 1.82) is 0 Å². The van der Waals surface area contributed by atoms with Crippen molar-refractivity contribution in [3.8, 4) is 0 Å². The van der Waals surface area contributed by atoms with Gasteiger partial charge in [0.25, 0.3) is 0 Å². The van der Waals surface area contributed by atoms with Gasteiger partial charge in [0.15, 0.2) is 0 Å². The van der Waals surface area contributed by atoms with Crippen molar-refractivity contribution < 1.29 is 4.79 Å².